The molecule has 0 fully saturated rings. The zero-order valence-electron chi connectivity index (χ0n) is 18.7. The topological polar surface area (TPSA) is 75.4 Å². The van der Waals surface area contributed by atoms with Crippen LogP contribution in [-0.2, 0) is 11.3 Å². The third-order valence-corrected chi connectivity index (χ3v) is 6.33. The molecule has 7 heteroatoms. The van der Waals surface area contributed by atoms with E-state index in [4.69, 9.17) is 4.42 Å². The normalized spacial score (nSPS) is 11.7. The minimum atomic E-state index is -0.250. The number of nitrogens with one attached hydrogen (secondary N) is 1. The van der Waals surface area contributed by atoms with Crippen LogP contribution in [-0.4, -0.2) is 21.7 Å². The fourth-order valence-electron chi connectivity index (χ4n) is 3.66. The Bertz CT molecular complexity index is 1250. The van der Waals surface area contributed by atoms with Crippen molar-refractivity contribution >= 4 is 28.8 Å². The summed E-state index contributed by atoms with van der Waals surface area (Å²) < 4.78 is 5.47. The molecule has 2 amide bonds. The largest absolute Gasteiger partial charge is 0.462 e. The molecule has 0 saturated heterocycles. The summed E-state index contributed by atoms with van der Waals surface area (Å²) in [5.74, 6) is 0.358. The number of benzene rings is 2. The van der Waals surface area contributed by atoms with Crippen LogP contribution in [0.5, 0.6) is 0 Å². The number of carbonyl (C=O) groups is 2. The average Bonchev–Trinajstić information content (AvgIpc) is 3.47. The van der Waals surface area contributed by atoms with Gasteiger partial charge in [0.15, 0.2) is 10.8 Å². The van der Waals surface area contributed by atoms with E-state index in [2.05, 4.69) is 10.3 Å². The molecule has 0 aliphatic carbocycles. The first-order chi connectivity index (χ1) is 15.9. The van der Waals surface area contributed by atoms with Gasteiger partial charge in [-0.1, -0.05) is 42.5 Å². The number of nitrogens with zero attached hydrogens (tertiary/aromatic N) is 2. The minimum Gasteiger partial charge on any atom is -0.462 e. The van der Waals surface area contributed by atoms with E-state index >= 15 is 0 Å². The van der Waals surface area contributed by atoms with E-state index in [0.29, 0.717) is 28.7 Å². The Morgan fingerprint density at radius 1 is 1.09 bits per heavy atom. The molecule has 33 heavy (non-hydrogen) atoms. The molecule has 0 aliphatic rings. The Balaban J connectivity index is 1.69. The molecule has 2 heterocycles. The van der Waals surface area contributed by atoms with Crippen LogP contribution in [0, 0.1) is 6.92 Å². The van der Waals surface area contributed by atoms with Gasteiger partial charge >= 0.3 is 0 Å². The van der Waals surface area contributed by atoms with Crippen LogP contribution < -0.4 is 5.32 Å². The monoisotopic (exact) mass is 459 g/mol. The average molecular weight is 460 g/mol. The highest BCUT2D eigenvalue weighted by atomic mass is 32.1. The molecule has 2 aromatic carbocycles. The van der Waals surface area contributed by atoms with Crippen molar-refractivity contribution < 1.29 is 14.0 Å². The molecule has 0 radical (unpaired) electrons. The molecule has 1 atom stereocenters. The number of carbonyl (C=O) groups excluding carboxylic acids is 2. The van der Waals surface area contributed by atoms with Crippen LogP contribution in [0.4, 0.5) is 5.69 Å². The Kier molecular flexibility index (Phi) is 6.70. The van der Waals surface area contributed by atoms with Gasteiger partial charge < -0.3 is 14.6 Å². The summed E-state index contributed by atoms with van der Waals surface area (Å²) in [6, 6.07) is 20.9. The molecule has 2 aromatic heterocycles. The van der Waals surface area contributed by atoms with Gasteiger partial charge in [0.2, 0.25) is 5.91 Å². The second kappa shape index (κ2) is 9.83. The van der Waals surface area contributed by atoms with Crippen molar-refractivity contribution in [1.29, 1.82) is 0 Å². The van der Waals surface area contributed by atoms with Crippen molar-refractivity contribution in [3.63, 3.8) is 0 Å². The number of furan rings is 1. The van der Waals surface area contributed by atoms with Gasteiger partial charge in [-0.2, -0.15) is 0 Å². The van der Waals surface area contributed by atoms with Gasteiger partial charge in [-0.05, 0) is 49.2 Å². The molecule has 4 rings (SSSR count). The van der Waals surface area contributed by atoms with Gasteiger partial charge in [-0.25, -0.2) is 4.98 Å². The standard InChI is InChI=1S/C26H25N3O3S/c1-17(21-11-7-12-22(15-21)27-19(3)30)29(16-20-9-5-4-6-10-20)26(31)24-18(2)33-25(28-24)23-13-8-14-32-23/h4-15,17H,16H2,1-3H3,(H,27,30). The summed E-state index contributed by atoms with van der Waals surface area (Å²) in [6.07, 6.45) is 1.60. The van der Waals surface area contributed by atoms with E-state index < -0.39 is 0 Å². The third kappa shape index (κ3) is 5.21. The molecular weight excluding hydrogens is 434 g/mol. The number of anilines is 1. The Morgan fingerprint density at radius 2 is 1.88 bits per heavy atom. The van der Waals surface area contributed by atoms with Crippen LogP contribution in [0.2, 0.25) is 0 Å². The van der Waals surface area contributed by atoms with Crippen molar-refractivity contribution in [2.45, 2.75) is 33.4 Å². The van der Waals surface area contributed by atoms with Crippen molar-refractivity contribution in [3.8, 4) is 10.8 Å². The number of aryl methyl sites for hydroxylation is 1. The number of thiazole rings is 1. The highest BCUT2D eigenvalue weighted by Crippen LogP contribution is 2.31. The zero-order valence-corrected chi connectivity index (χ0v) is 19.6. The number of hydrogen-bond donors (Lipinski definition) is 1. The van der Waals surface area contributed by atoms with Crippen LogP contribution in [0.25, 0.3) is 10.8 Å². The first-order valence-electron chi connectivity index (χ1n) is 10.7. The van der Waals surface area contributed by atoms with E-state index in [-0.39, 0.29) is 17.9 Å². The maximum atomic E-state index is 13.8. The van der Waals surface area contributed by atoms with Gasteiger partial charge in [0.25, 0.3) is 5.91 Å². The van der Waals surface area contributed by atoms with Gasteiger partial charge in [0.1, 0.15) is 5.69 Å². The maximum Gasteiger partial charge on any atom is 0.274 e. The molecule has 1 N–H and O–H groups in total. The number of hydrogen-bond acceptors (Lipinski definition) is 5. The fraction of sp³-hybridized carbons (Fsp3) is 0.192. The SMILES string of the molecule is CC(=O)Nc1cccc(C(C)N(Cc2ccccc2)C(=O)c2nc(-c3ccco3)sc2C)c1. The second-order valence-electron chi connectivity index (χ2n) is 7.80. The van der Waals surface area contributed by atoms with Crippen molar-refractivity contribution in [2.24, 2.45) is 0 Å². The summed E-state index contributed by atoms with van der Waals surface area (Å²) in [4.78, 5) is 32.6. The third-order valence-electron chi connectivity index (χ3n) is 5.34. The Hall–Kier alpha value is -3.71. The van der Waals surface area contributed by atoms with Crippen molar-refractivity contribution in [1.82, 2.24) is 9.88 Å². The molecule has 1 unspecified atom stereocenters. The van der Waals surface area contributed by atoms with Crippen molar-refractivity contribution in [3.05, 3.63) is 94.7 Å². The first kappa shape index (κ1) is 22.5. The fourth-order valence-corrected chi connectivity index (χ4v) is 4.53. The number of amides is 2. The van der Waals surface area contributed by atoms with Crippen molar-refractivity contribution in [2.75, 3.05) is 5.32 Å². The smallest absolute Gasteiger partial charge is 0.274 e. The molecule has 0 bridgehead atoms. The summed E-state index contributed by atoms with van der Waals surface area (Å²) in [7, 11) is 0. The van der Waals surface area contributed by atoms with Gasteiger partial charge in [0.05, 0.1) is 12.3 Å². The lowest BCUT2D eigenvalue weighted by molar-refractivity contribution is -0.114. The summed E-state index contributed by atoms with van der Waals surface area (Å²) in [5.41, 5.74) is 3.07. The van der Waals surface area contributed by atoms with E-state index in [1.165, 1.54) is 18.3 Å². The van der Waals surface area contributed by atoms with E-state index in [1.807, 2.05) is 79.4 Å². The molecule has 0 saturated carbocycles. The van der Waals surface area contributed by atoms with E-state index in [9.17, 15) is 9.59 Å². The van der Waals surface area contributed by atoms with Gasteiger partial charge in [-0.15, -0.1) is 11.3 Å². The van der Waals surface area contributed by atoms with Crippen LogP contribution in [0.1, 0.15) is 46.4 Å². The van der Waals surface area contributed by atoms with Crippen LogP contribution in [0.15, 0.2) is 77.4 Å². The lowest BCUT2D eigenvalue weighted by Crippen LogP contribution is -2.34. The van der Waals surface area contributed by atoms with E-state index in [1.54, 1.807) is 12.3 Å². The van der Waals surface area contributed by atoms with Crippen LogP contribution >= 0.6 is 11.3 Å². The highest BCUT2D eigenvalue weighted by molar-refractivity contribution is 7.15. The molecule has 168 valence electrons. The molecule has 6 nitrogen and oxygen atoms in total. The summed E-state index contributed by atoms with van der Waals surface area (Å²) in [6.45, 7) is 5.80. The molecule has 0 aliphatic heterocycles. The molecular formula is C26H25N3O3S. The second-order valence-corrected chi connectivity index (χ2v) is 9.01. The molecule has 4 aromatic rings. The van der Waals surface area contributed by atoms with Gasteiger partial charge in [0, 0.05) is 24.0 Å². The van der Waals surface area contributed by atoms with E-state index in [0.717, 1.165) is 16.0 Å². The number of aromatic nitrogens is 1. The van der Waals surface area contributed by atoms with Crippen LogP contribution in [0.3, 0.4) is 0 Å². The minimum absolute atomic E-state index is 0.138. The zero-order chi connectivity index (χ0) is 23.4. The highest BCUT2D eigenvalue weighted by Gasteiger charge is 2.27. The lowest BCUT2D eigenvalue weighted by Gasteiger charge is -2.30. The lowest BCUT2D eigenvalue weighted by atomic mass is 10.0. The quantitative estimate of drug-likeness (QED) is 0.364. The van der Waals surface area contributed by atoms with Gasteiger partial charge in [-0.3, -0.25) is 9.59 Å². The summed E-state index contributed by atoms with van der Waals surface area (Å²) in [5, 5.41) is 3.50. The molecule has 0 spiro atoms. The first-order valence-corrected chi connectivity index (χ1v) is 11.5. The predicted molar refractivity (Wildman–Crippen MR) is 130 cm³/mol. The summed E-state index contributed by atoms with van der Waals surface area (Å²) >= 11 is 1.44. The Labute approximate surface area is 196 Å². The maximum absolute atomic E-state index is 13.8. The predicted octanol–water partition coefficient (Wildman–Crippen LogP) is 6.07. The number of rotatable bonds is 7. The Morgan fingerprint density at radius 3 is 2.58 bits per heavy atom.